The molecule has 5 heteroatoms. The van der Waals surface area contributed by atoms with Crippen LogP contribution < -0.4 is 10.9 Å². The number of hydrogen-bond acceptors (Lipinski definition) is 3. The van der Waals surface area contributed by atoms with Crippen molar-refractivity contribution in [2.75, 3.05) is 5.32 Å². The molecule has 0 aromatic carbocycles. The summed E-state index contributed by atoms with van der Waals surface area (Å²) in [5.41, 5.74) is 2.48. The molecule has 1 atom stereocenters. The molecule has 0 aliphatic heterocycles. The third-order valence-corrected chi connectivity index (χ3v) is 5.46. The first-order chi connectivity index (χ1) is 9.67. The van der Waals surface area contributed by atoms with Crippen LogP contribution in [0.25, 0.3) is 0 Å². The molecule has 2 aromatic rings. The number of rotatable bonds is 3. The number of anilines is 1. The van der Waals surface area contributed by atoms with Gasteiger partial charge in [0.2, 0.25) is 0 Å². The fourth-order valence-electron chi connectivity index (χ4n) is 2.74. The maximum atomic E-state index is 11.6. The van der Waals surface area contributed by atoms with Gasteiger partial charge in [0.25, 0.3) is 5.56 Å². The Bertz CT molecular complexity index is 677. The molecule has 0 bridgehead atoms. The Balaban J connectivity index is 1.87. The minimum atomic E-state index is 0.0562. The van der Waals surface area contributed by atoms with Gasteiger partial charge in [-0.3, -0.25) is 4.79 Å². The molecule has 2 aromatic heterocycles. The van der Waals surface area contributed by atoms with Gasteiger partial charge in [-0.15, -0.1) is 11.3 Å². The summed E-state index contributed by atoms with van der Waals surface area (Å²) in [6.07, 6.45) is 5.45. The van der Waals surface area contributed by atoms with Crippen molar-refractivity contribution < 1.29 is 0 Å². The van der Waals surface area contributed by atoms with Gasteiger partial charge in [-0.05, 0) is 59.8 Å². The number of nitrogens with one attached hydrogen (secondary N) is 1. The number of aromatic nitrogens is 1. The summed E-state index contributed by atoms with van der Waals surface area (Å²) in [6, 6.07) is 6.10. The van der Waals surface area contributed by atoms with E-state index in [1.54, 1.807) is 10.6 Å². The van der Waals surface area contributed by atoms with Crippen LogP contribution in [0, 0.1) is 0 Å². The van der Waals surface area contributed by atoms with Gasteiger partial charge in [0.15, 0.2) is 0 Å². The predicted octanol–water partition coefficient (Wildman–Crippen LogP) is 4.18. The quantitative estimate of drug-likeness (QED) is 0.898. The molecule has 0 saturated carbocycles. The van der Waals surface area contributed by atoms with Gasteiger partial charge in [0.1, 0.15) is 0 Å². The molecule has 3 nitrogen and oxygen atoms in total. The molecule has 3 rings (SSSR count). The second-order valence-electron chi connectivity index (χ2n) is 5.06. The zero-order valence-corrected chi connectivity index (χ0v) is 13.8. The van der Waals surface area contributed by atoms with Crippen LogP contribution >= 0.6 is 27.3 Å². The summed E-state index contributed by atoms with van der Waals surface area (Å²) in [4.78, 5) is 13.1. The molecule has 0 amide bonds. The Labute approximate surface area is 130 Å². The fourth-order valence-corrected chi connectivity index (χ4v) is 4.56. The highest BCUT2D eigenvalue weighted by Gasteiger charge is 2.22. The van der Waals surface area contributed by atoms with Crippen LogP contribution in [0.5, 0.6) is 0 Å². The number of fused-ring (bicyclic) bond motifs is 1. The average molecular weight is 353 g/mol. The first kappa shape index (κ1) is 13.9. The van der Waals surface area contributed by atoms with Crippen molar-refractivity contribution in [1.29, 1.82) is 0 Å². The Morgan fingerprint density at radius 3 is 3.15 bits per heavy atom. The van der Waals surface area contributed by atoms with Crippen LogP contribution in [0.1, 0.15) is 36.2 Å². The number of pyridine rings is 1. The molecule has 1 aliphatic carbocycles. The number of aryl methyl sites for hydroxylation is 2. The molecule has 106 valence electrons. The monoisotopic (exact) mass is 352 g/mol. The SMILES string of the molecule is CCn1cc(NC2CCCc3sc(Br)cc32)ccc1=O. The van der Waals surface area contributed by atoms with Gasteiger partial charge in [0, 0.05) is 23.7 Å². The van der Waals surface area contributed by atoms with E-state index in [-0.39, 0.29) is 5.56 Å². The Hall–Kier alpha value is -1.07. The van der Waals surface area contributed by atoms with Crippen molar-refractivity contribution in [2.45, 2.75) is 38.8 Å². The van der Waals surface area contributed by atoms with Crippen LogP contribution in [-0.2, 0) is 13.0 Å². The van der Waals surface area contributed by atoms with Gasteiger partial charge in [0.05, 0.1) is 15.5 Å². The highest BCUT2D eigenvalue weighted by molar-refractivity contribution is 9.11. The van der Waals surface area contributed by atoms with Gasteiger partial charge in [-0.2, -0.15) is 0 Å². The lowest BCUT2D eigenvalue weighted by molar-refractivity contribution is 0.607. The van der Waals surface area contributed by atoms with E-state index in [0.29, 0.717) is 12.6 Å². The van der Waals surface area contributed by atoms with E-state index >= 15 is 0 Å². The summed E-state index contributed by atoms with van der Waals surface area (Å²) >= 11 is 5.42. The Morgan fingerprint density at radius 1 is 1.50 bits per heavy atom. The second kappa shape index (κ2) is 5.74. The lowest BCUT2D eigenvalue weighted by atomic mass is 9.94. The number of thiophene rings is 1. The summed E-state index contributed by atoms with van der Waals surface area (Å²) in [5.74, 6) is 0. The van der Waals surface area contributed by atoms with Gasteiger partial charge in [-0.25, -0.2) is 0 Å². The van der Waals surface area contributed by atoms with Crippen molar-refractivity contribution in [3.05, 3.63) is 49.0 Å². The first-order valence-electron chi connectivity index (χ1n) is 6.92. The highest BCUT2D eigenvalue weighted by atomic mass is 79.9. The van der Waals surface area contributed by atoms with E-state index < -0.39 is 0 Å². The maximum absolute atomic E-state index is 11.6. The van der Waals surface area contributed by atoms with Crippen molar-refractivity contribution in [2.24, 2.45) is 0 Å². The van der Waals surface area contributed by atoms with Crippen LogP contribution in [-0.4, -0.2) is 4.57 Å². The molecular weight excluding hydrogens is 336 g/mol. The van der Waals surface area contributed by atoms with Crippen LogP contribution in [0.15, 0.2) is 33.0 Å². The Kier molecular flexibility index (Phi) is 3.98. The average Bonchev–Trinajstić information content (AvgIpc) is 2.82. The molecule has 0 saturated heterocycles. The molecular formula is C15H17BrN2OS. The van der Waals surface area contributed by atoms with Crippen LogP contribution in [0.4, 0.5) is 5.69 Å². The van der Waals surface area contributed by atoms with Gasteiger partial charge < -0.3 is 9.88 Å². The molecule has 20 heavy (non-hydrogen) atoms. The number of nitrogens with zero attached hydrogens (tertiary/aromatic N) is 1. The number of hydrogen-bond donors (Lipinski definition) is 1. The summed E-state index contributed by atoms with van der Waals surface area (Å²) in [5, 5.41) is 3.58. The van der Waals surface area contributed by atoms with Crippen molar-refractivity contribution in [3.63, 3.8) is 0 Å². The molecule has 0 spiro atoms. The van der Waals surface area contributed by atoms with E-state index in [0.717, 1.165) is 12.1 Å². The molecule has 2 heterocycles. The topological polar surface area (TPSA) is 34.0 Å². The van der Waals surface area contributed by atoms with Gasteiger partial charge in [-0.1, -0.05) is 0 Å². The molecule has 1 unspecified atom stereocenters. The zero-order chi connectivity index (χ0) is 14.1. The summed E-state index contributed by atoms with van der Waals surface area (Å²) < 4.78 is 2.94. The minimum absolute atomic E-state index is 0.0562. The second-order valence-corrected chi connectivity index (χ2v) is 7.58. The van der Waals surface area contributed by atoms with E-state index in [9.17, 15) is 4.79 Å². The van der Waals surface area contributed by atoms with Crippen molar-refractivity contribution in [1.82, 2.24) is 4.57 Å². The summed E-state index contributed by atoms with van der Waals surface area (Å²) in [7, 11) is 0. The fraction of sp³-hybridized carbons (Fsp3) is 0.400. The lowest BCUT2D eigenvalue weighted by Crippen LogP contribution is -2.20. The van der Waals surface area contributed by atoms with Crippen molar-refractivity contribution >= 4 is 33.0 Å². The van der Waals surface area contributed by atoms with Crippen molar-refractivity contribution in [3.8, 4) is 0 Å². The van der Waals surface area contributed by atoms with E-state index in [4.69, 9.17) is 0 Å². The molecule has 0 fully saturated rings. The third kappa shape index (κ3) is 2.69. The molecule has 1 aliphatic rings. The Morgan fingerprint density at radius 2 is 2.35 bits per heavy atom. The number of halogens is 1. The smallest absolute Gasteiger partial charge is 0.250 e. The minimum Gasteiger partial charge on any atom is -0.377 e. The largest absolute Gasteiger partial charge is 0.377 e. The van der Waals surface area contributed by atoms with Crippen LogP contribution in [0.3, 0.4) is 0 Å². The van der Waals surface area contributed by atoms with E-state index in [1.165, 1.54) is 27.1 Å². The standard InChI is InChI=1S/C15H17BrN2OS/c1-2-18-9-10(6-7-15(18)19)17-12-4-3-5-13-11(12)8-14(16)20-13/h6-9,12,17H,2-5H2,1H3. The zero-order valence-electron chi connectivity index (χ0n) is 11.4. The van der Waals surface area contributed by atoms with E-state index in [1.807, 2.05) is 30.5 Å². The van der Waals surface area contributed by atoms with Gasteiger partial charge >= 0.3 is 0 Å². The third-order valence-electron chi connectivity index (χ3n) is 3.75. The van der Waals surface area contributed by atoms with E-state index in [2.05, 4.69) is 27.3 Å². The normalized spacial score (nSPS) is 17.8. The lowest BCUT2D eigenvalue weighted by Gasteiger charge is -2.24. The van der Waals surface area contributed by atoms with Crippen LogP contribution in [0.2, 0.25) is 0 Å². The predicted molar refractivity (Wildman–Crippen MR) is 87.7 cm³/mol. The molecule has 0 radical (unpaired) electrons. The summed E-state index contributed by atoms with van der Waals surface area (Å²) in [6.45, 7) is 2.69. The molecule has 1 N–H and O–H groups in total. The maximum Gasteiger partial charge on any atom is 0.250 e. The highest BCUT2D eigenvalue weighted by Crippen LogP contribution is 2.39. The first-order valence-corrected chi connectivity index (χ1v) is 8.53.